The van der Waals surface area contributed by atoms with E-state index in [1.807, 2.05) is 6.92 Å². The molecule has 2 saturated heterocycles. The van der Waals surface area contributed by atoms with Crippen molar-refractivity contribution in [2.24, 2.45) is 0 Å². The molecular formula is C16H20FN3O3. The number of rotatable bonds is 2. The molecule has 0 saturated carbocycles. The fourth-order valence-corrected chi connectivity index (χ4v) is 3.06. The van der Waals surface area contributed by atoms with Crippen LogP contribution >= 0.6 is 0 Å². The standard InChI is InChI=1S/C16H20FN3O3/c1-2-20-14(21)11-16(23-20)7-9-19(10-8-16)15(22)18-13-6-4-3-5-12(13)17/h3-6H,2,7-11H2,1H3,(H,18,22). The van der Waals surface area contributed by atoms with Crippen LogP contribution in [0.15, 0.2) is 24.3 Å². The highest BCUT2D eigenvalue weighted by Gasteiger charge is 2.46. The van der Waals surface area contributed by atoms with Crippen LogP contribution in [0.2, 0.25) is 0 Å². The molecule has 2 aliphatic heterocycles. The van der Waals surface area contributed by atoms with E-state index < -0.39 is 11.4 Å². The summed E-state index contributed by atoms with van der Waals surface area (Å²) in [6, 6.07) is 5.74. The number of piperidine rings is 1. The van der Waals surface area contributed by atoms with Gasteiger partial charge in [-0.05, 0) is 31.9 Å². The van der Waals surface area contributed by atoms with Gasteiger partial charge in [-0.1, -0.05) is 12.1 Å². The maximum Gasteiger partial charge on any atom is 0.321 e. The average molecular weight is 321 g/mol. The number of benzene rings is 1. The van der Waals surface area contributed by atoms with E-state index in [9.17, 15) is 14.0 Å². The molecule has 2 fully saturated rings. The number of urea groups is 1. The Morgan fingerprint density at radius 2 is 2.04 bits per heavy atom. The van der Waals surface area contributed by atoms with Crippen molar-refractivity contribution >= 4 is 17.6 Å². The minimum Gasteiger partial charge on any atom is -0.324 e. The fraction of sp³-hybridized carbons (Fsp3) is 0.500. The number of carbonyl (C=O) groups excluding carboxylic acids is 2. The third kappa shape index (κ3) is 3.14. The van der Waals surface area contributed by atoms with Gasteiger partial charge in [0, 0.05) is 19.6 Å². The Kier molecular flexibility index (Phi) is 4.21. The van der Waals surface area contributed by atoms with Crippen molar-refractivity contribution in [2.75, 3.05) is 25.0 Å². The van der Waals surface area contributed by atoms with Gasteiger partial charge in [-0.2, -0.15) is 0 Å². The molecule has 2 heterocycles. The Morgan fingerprint density at radius 3 is 2.65 bits per heavy atom. The number of nitrogens with one attached hydrogen (secondary N) is 1. The molecule has 1 N–H and O–H groups in total. The summed E-state index contributed by atoms with van der Waals surface area (Å²) in [4.78, 5) is 31.5. The smallest absolute Gasteiger partial charge is 0.321 e. The van der Waals surface area contributed by atoms with E-state index in [0.29, 0.717) is 38.9 Å². The fourth-order valence-electron chi connectivity index (χ4n) is 3.06. The number of amides is 3. The number of hydroxylamine groups is 2. The Morgan fingerprint density at radius 1 is 1.35 bits per heavy atom. The molecule has 0 bridgehead atoms. The molecule has 3 rings (SSSR count). The Balaban J connectivity index is 1.58. The number of nitrogens with zero attached hydrogens (tertiary/aromatic N) is 2. The third-order valence-electron chi connectivity index (χ3n) is 4.42. The molecule has 1 aromatic carbocycles. The molecule has 7 heteroatoms. The van der Waals surface area contributed by atoms with Crippen LogP contribution in [0.3, 0.4) is 0 Å². The topological polar surface area (TPSA) is 61.9 Å². The molecule has 1 aromatic rings. The van der Waals surface area contributed by atoms with Gasteiger partial charge in [-0.15, -0.1) is 0 Å². The second-order valence-corrected chi connectivity index (χ2v) is 5.94. The van der Waals surface area contributed by atoms with E-state index in [0.717, 1.165) is 0 Å². The van der Waals surface area contributed by atoms with Crippen LogP contribution in [0.1, 0.15) is 26.2 Å². The Hall–Kier alpha value is -2.15. The van der Waals surface area contributed by atoms with Crippen LogP contribution in [0.5, 0.6) is 0 Å². The van der Waals surface area contributed by atoms with Crippen molar-refractivity contribution in [1.29, 1.82) is 0 Å². The summed E-state index contributed by atoms with van der Waals surface area (Å²) < 4.78 is 13.6. The zero-order valence-corrected chi connectivity index (χ0v) is 13.0. The first kappa shape index (κ1) is 15.7. The zero-order valence-electron chi connectivity index (χ0n) is 13.0. The minimum atomic E-state index is -0.484. The minimum absolute atomic E-state index is 0.00300. The summed E-state index contributed by atoms with van der Waals surface area (Å²) >= 11 is 0. The molecule has 2 aliphatic rings. The second-order valence-electron chi connectivity index (χ2n) is 5.94. The number of hydrogen-bond donors (Lipinski definition) is 1. The predicted molar refractivity (Wildman–Crippen MR) is 82.0 cm³/mol. The number of para-hydroxylation sites is 1. The molecule has 23 heavy (non-hydrogen) atoms. The molecule has 3 amide bonds. The van der Waals surface area contributed by atoms with E-state index >= 15 is 0 Å². The highest BCUT2D eigenvalue weighted by Crippen LogP contribution is 2.36. The quantitative estimate of drug-likeness (QED) is 0.910. The maximum atomic E-state index is 13.6. The monoisotopic (exact) mass is 321 g/mol. The molecule has 0 aliphatic carbocycles. The van der Waals surface area contributed by atoms with Crippen molar-refractivity contribution in [3.8, 4) is 0 Å². The molecule has 6 nitrogen and oxygen atoms in total. The predicted octanol–water partition coefficient (Wildman–Crippen LogP) is 2.38. The lowest BCUT2D eigenvalue weighted by molar-refractivity contribution is -0.206. The average Bonchev–Trinajstić information content (AvgIpc) is 2.85. The van der Waals surface area contributed by atoms with Crippen molar-refractivity contribution < 1.29 is 18.8 Å². The van der Waals surface area contributed by atoms with Gasteiger partial charge < -0.3 is 10.2 Å². The molecule has 0 atom stereocenters. The molecule has 124 valence electrons. The highest BCUT2D eigenvalue weighted by atomic mass is 19.1. The molecular weight excluding hydrogens is 301 g/mol. The summed E-state index contributed by atoms with van der Waals surface area (Å²) in [7, 11) is 0. The number of anilines is 1. The first-order valence-corrected chi connectivity index (χ1v) is 7.83. The van der Waals surface area contributed by atoms with Gasteiger partial charge in [0.05, 0.1) is 12.1 Å². The summed E-state index contributed by atoms with van der Waals surface area (Å²) in [6.45, 7) is 3.35. The summed E-state index contributed by atoms with van der Waals surface area (Å²) in [5.41, 5.74) is -0.316. The lowest BCUT2D eigenvalue weighted by Gasteiger charge is -2.37. The molecule has 0 aromatic heterocycles. The van der Waals surface area contributed by atoms with Gasteiger partial charge in [0.2, 0.25) is 5.91 Å². The largest absolute Gasteiger partial charge is 0.324 e. The second kappa shape index (κ2) is 6.16. The normalized spacial score (nSPS) is 20.2. The van der Waals surface area contributed by atoms with Crippen LogP contribution in [-0.2, 0) is 9.63 Å². The van der Waals surface area contributed by atoms with E-state index in [1.54, 1.807) is 17.0 Å². The van der Waals surface area contributed by atoms with Crippen LogP contribution in [0.4, 0.5) is 14.9 Å². The third-order valence-corrected chi connectivity index (χ3v) is 4.42. The van der Waals surface area contributed by atoms with Crippen LogP contribution in [0, 0.1) is 5.82 Å². The van der Waals surface area contributed by atoms with Crippen LogP contribution in [-0.4, -0.2) is 47.1 Å². The first-order chi connectivity index (χ1) is 11.0. The summed E-state index contributed by atoms with van der Waals surface area (Å²) in [5.74, 6) is -0.464. The SMILES string of the molecule is CCN1OC2(CCN(C(=O)Nc3ccccc3F)CC2)CC1=O. The van der Waals surface area contributed by atoms with Crippen molar-refractivity contribution in [3.05, 3.63) is 30.1 Å². The van der Waals surface area contributed by atoms with Crippen molar-refractivity contribution in [3.63, 3.8) is 0 Å². The Labute approximate surface area is 134 Å². The zero-order chi connectivity index (χ0) is 16.4. The summed E-state index contributed by atoms with van der Waals surface area (Å²) in [5, 5.41) is 3.98. The molecule has 1 spiro atoms. The molecule has 0 radical (unpaired) electrons. The van der Waals surface area contributed by atoms with E-state index in [4.69, 9.17) is 4.84 Å². The van der Waals surface area contributed by atoms with Crippen molar-refractivity contribution in [1.82, 2.24) is 9.96 Å². The summed E-state index contributed by atoms with van der Waals surface area (Å²) in [6.07, 6.45) is 1.56. The van der Waals surface area contributed by atoms with E-state index in [2.05, 4.69) is 5.32 Å². The maximum absolute atomic E-state index is 13.6. The number of carbonyl (C=O) groups is 2. The Bertz CT molecular complexity index is 614. The van der Waals surface area contributed by atoms with E-state index in [1.165, 1.54) is 17.2 Å². The first-order valence-electron chi connectivity index (χ1n) is 7.83. The van der Waals surface area contributed by atoms with Gasteiger partial charge in [0.15, 0.2) is 0 Å². The van der Waals surface area contributed by atoms with E-state index in [-0.39, 0.29) is 17.6 Å². The van der Waals surface area contributed by atoms with Gasteiger partial charge in [0.25, 0.3) is 0 Å². The molecule has 0 unspecified atom stereocenters. The number of hydrogen-bond acceptors (Lipinski definition) is 3. The van der Waals surface area contributed by atoms with Gasteiger partial charge in [-0.3, -0.25) is 9.63 Å². The number of likely N-dealkylation sites (tertiary alicyclic amines) is 1. The number of halogens is 1. The van der Waals surface area contributed by atoms with Gasteiger partial charge in [-0.25, -0.2) is 14.2 Å². The van der Waals surface area contributed by atoms with Crippen LogP contribution < -0.4 is 5.32 Å². The van der Waals surface area contributed by atoms with Crippen molar-refractivity contribution in [2.45, 2.75) is 31.8 Å². The lowest BCUT2D eigenvalue weighted by atomic mass is 9.89. The van der Waals surface area contributed by atoms with Crippen LogP contribution in [0.25, 0.3) is 0 Å². The van der Waals surface area contributed by atoms with Gasteiger partial charge in [0.1, 0.15) is 11.4 Å². The highest BCUT2D eigenvalue weighted by molar-refractivity contribution is 5.89. The van der Waals surface area contributed by atoms with Gasteiger partial charge >= 0.3 is 6.03 Å². The lowest BCUT2D eigenvalue weighted by Crippen LogP contribution is -2.48.